The molecule has 1 saturated carbocycles. The molecule has 1 aliphatic heterocycles. The first-order chi connectivity index (χ1) is 9.54. The number of likely N-dealkylation sites (tertiary alicyclic amines) is 1. The molecule has 0 N–H and O–H groups in total. The molecule has 3 heteroatoms. The molecule has 0 amide bonds. The molecule has 2 aliphatic carbocycles. The minimum atomic E-state index is 0. The van der Waals surface area contributed by atoms with E-state index in [0.717, 1.165) is 30.3 Å². The molecule has 4 unspecified atom stereocenters. The van der Waals surface area contributed by atoms with E-state index in [1.807, 2.05) is 0 Å². The quantitative estimate of drug-likeness (QED) is 0.486. The molecule has 24 heavy (non-hydrogen) atoms. The molecule has 1 heterocycles. The number of hydrogen-bond acceptors (Lipinski definition) is 1. The van der Waals surface area contributed by atoms with Crippen LogP contribution < -0.4 is 0 Å². The molecule has 4 atom stereocenters. The van der Waals surface area contributed by atoms with Crippen molar-refractivity contribution in [2.75, 3.05) is 19.6 Å². The Morgan fingerprint density at radius 3 is 2.04 bits per heavy atom. The van der Waals surface area contributed by atoms with Gasteiger partial charge in [0.2, 0.25) is 0 Å². The first kappa shape index (κ1) is 26.3. The second kappa shape index (κ2) is 11.0. The van der Waals surface area contributed by atoms with E-state index >= 15 is 0 Å². The Morgan fingerprint density at radius 1 is 0.958 bits per heavy atom. The predicted molar refractivity (Wildman–Crippen MR) is 105 cm³/mol. The van der Waals surface area contributed by atoms with Crippen LogP contribution in [0.4, 0.5) is 0 Å². The molecule has 1 saturated heterocycles. The van der Waals surface area contributed by atoms with Gasteiger partial charge in [-0.1, -0.05) is 51.0 Å². The van der Waals surface area contributed by atoms with Gasteiger partial charge in [0.25, 0.3) is 0 Å². The minimum Gasteiger partial charge on any atom is -0.657 e. The zero-order chi connectivity index (χ0) is 14.2. The Morgan fingerprint density at radius 2 is 1.50 bits per heavy atom. The van der Waals surface area contributed by atoms with Crippen molar-refractivity contribution in [3.8, 4) is 0 Å². The average Bonchev–Trinajstić information content (AvgIpc) is 3.03. The van der Waals surface area contributed by atoms with Crippen molar-refractivity contribution in [2.45, 2.75) is 51.6 Å². The summed E-state index contributed by atoms with van der Waals surface area (Å²) < 4.78 is 0. The van der Waals surface area contributed by atoms with Gasteiger partial charge >= 0.3 is 21.7 Å². The van der Waals surface area contributed by atoms with E-state index in [-0.39, 0.29) is 49.5 Å². The third kappa shape index (κ3) is 6.13. The Bertz CT molecular complexity index is 391. The van der Waals surface area contributed by atoms with Gasteiger partial charge in [0, 0.05) is 6.04 Å². The second-order valence-electron chi connectivity index (χ2n) is 7.74. The van der Waals surface area contributed by atoms with Crippen LogP contribution in [0.3, 0.4) is 0 Å². The van der Waals surface area contributed by atoms with Gasteiger partial charge in [-0.15, -0.1) is 12.1 Å². The fourth-order valence-corrected chi connectivity index (χ4v) is 4.18. The normalized spacial score (nSPS) is 31.3. The zero-order valence-corrected chi connectivity index (χ0v) is 18.3. The van der Waals surface area contributed by atoms with Crippen molar-refractivity contribution < 1.29 is 21.7 Å². The van der Waals surface area contributed by atoms with Gasteiger partial charge < -0.3 is 27.6 Å². The van der Waals surface area contributed by atoms with E-state index in [2.05, 4.69) is 50.0 Å². The van der Waals surface area contributed by atoms with Gasteiger partial charge in [-0.25, -0.2) is 0 Å². The third-order valence-corrected chi connectivity index (χ3v) is 5.16. The van der Waals surface area contributed by atoms with Crippen molar-refractivity contribution >= 4 is 0 Å². The number of nitrogens with zero attached hydrogens (tertiary/aromatic N) is 2. The van der Waals surface area contributed by atoms with E-state index in [0.29, 0.717) is 0 Å². The number of allylic oxidation sites excluding steroid dienone is 3. The van der Waals surface area contributed by atoms with E-state index in [9.17, 15) is 0 Å². The smallest absolute Gasteiger partial charge is 0.657 e. The SMILES string of the molecule is CC(C)(C)[N-]CC1CC(N2CCCC2)C2C=CC=CC12.[CH3-].[CH3-].[CH3-].[Ti+4]. The molecule has 136 valence electrons. The molecule has 0 spiro atoms. The maximum Gasteiger partial charge on any atom is 4.00 e. The number of rotatable bonds is 3. The predicted octanol–water partition coefficient (Wildman–Crippen LogP) is 5.35. The summed E-state index contributed by atoms with van der Waals surface area (Å²) in [7, 11) is 0. The Hall–Kier alpha value is 0.114. The maximum absolute atomic E-state index is 4.91. The summed E-state index contributed by atoms with van der Waals surface area (Å²) in [6.07, 6.45) is 13.5. The van der Waals surface area contributed by atoms with Gasteiger partial charge in [0.05, 0.1) is 0 Å². The summed E-state index contributed by atoms with van der Waals surface area (Å²) in [6, 6.07) is 0.767. The van der Waals surface area contributed by atoms with E-state index in [1.54, 1.807) is 0 Å². The Balaban J connectivity index is 0. The van der Waals surface area contributed by atoms with Crippen LogP contribution in [0.25, 0.3) is 5.32 Å². The molecule has 3 rings (SSSR count). The largest absolute Gasteiger partial charge is 4.00 e. The molecule has 0 aromatic rings. The molecule has 0 bridgehead atoms. The van der Waals surface area contributed by atoms with Gasteiger partial charge in [0.1, 0.15) is 0 Å². The van der Waals surface area contributed by atoms with Crippen molar-refractivity contribution in [3.63, 3.8) is 0 Å². The van der Waals surface area contributed by atoms with E-state index in [1.165, 1.54) is 32.4 Å². The van der Waals surface area contributed by atoms with E-state index in [4.69, 9.17) is 5.32 Å². The first-order valence-corrected chi connectivity index (χ1v) is 8.32. The molecule has 2 fully saturated rings. The maximum atomic E-state index is 4.91. The first-order valence-electron chi connectivity index (χ1n) is 8.32. The summed E-state index contributed by atoms with van der Waals surface area (Å²) in [5.41, 5.74) is 0.107. The molecular formula is C21H38N2Ti. The average molecular weight is 366 g/mol. The summed E-state index contributed by atoms with van der Waals surface area (Å²) in [5, 5.41) is 4.91. The van der Waals surface area contributed by atoms with Crippen molar-refractivity contribution in [3.05, 3.63) is 51.9 Å². The van der Waals surface area contributed by atoms with Crippen LogP contribution in [0, 0.1) is 40.0 Å². The van der Waals surface area contributed by atoms with Gasteiger partial charge in [-0.3, -0.25) is 4.90 Å². The van der Waals surface area contributed by atoms with Crippen LogP contribution in [0.15, 0.2) is 24.3 Å². The van der Waals surface area contributed by atoms with Crippen molar-refractivity contribution in [1.82, 2.24) is 4.90 Å². The molecule has 3 aliphatic rings. The van der Waals surface area contributed by atoms with Crippen LogP contribution in [0.2, 0.25) is 0 Å². The van der Waals surface area contributed by atoms with Crippen LogP contribution >= 0.6 is 0 Å². The van der Waals surface area contributed by atoms with Crippen LogP contribution in [-0.2, 0) is 21.7 Å². The summed E-state index contributed by atoms with van der Waals surface area (Å²) >= 11 is 0. The van der Waals surface area contributed by atoms with Crippen LogP contribution in [0.5, 0.6) is 0 Å². The summed E-state index contributed by atoms with van der Waals surface area (Å²) in [6.45, 7) is 10.3. The monoisotopic (exact) mass is 366 g/mol. The fraction of sp³-hybridized carbons (Fsp3) is 0.667. The molecule has 0 radical (unpaired) electrons. The fourth-order valence-electron chi connectivity index (χ4n) is 4.18. The second-order valence-corrected chi connectivity index (χ2v) is 7.74. The topological polar surface area (TPSA) is 17.3 Å². The van der Waals surface area contributed by atoms with Crippen molar-refractivity contribution in [2.24, 2.45) is 17.8 Å². The molecule has 0 aromatic carbocycles. The van der Waals surface area contributed by atoms with Gasteiger partial charge in [-0.05, 0) is 44.2 Å². The van der Waals surface area contributed by atoms with Crippen molar-refractivity contribution in [1.29, 1.82) is 0 Å². The summed E-state index contributed by atoms with van der Waals surface area (Å²) in [4.78, 5) is 2.75. The van der Waals surface area contributed by atoms with Crippen LogP contribution in [-0.4, -0.2) is 36.1 Å². The Labute approximate surface area is 167 Å². The number of hydrogen-bond donors (Lipinski definition) is 0. The molecular weight excluding hydrogens is 328 g/mol. The summed E-state index contributed by atoms with van der Waals surface area (Å²) in [5.74, 6) is 2.20. The minimum absolute atomic E-state index is 0. The zero-order valence-electron chi connectivity index (χ0n) is 16.8. The standard InChI is InChI=1S/C18H29N2.3CH3.Ti/c1-18(2,3)19-13-14-12-17(20-10-6-7-11-20)16-9-5-4-8-15(14)16;;;;/h4-5,8-9,14-17H,6-7,10-13H2,1-3H3;3*1H3;/q4*-1;+4. The van der Waals surface area contributed by atoms with Gasteiger partial charge in [-0.2, -0.15) is 0 Å². The third-order valence-electron chi connectivity index (χ3n) is 5.16. The van der Waals surface area contributed by atoms with E-state index < -0.39 is 0 Å². The Kier molecular flexibility index (Phi) is 12.0. The van der Waals surface area contributed by atoms with Crippen LogP contribution in [0.1, 0.15) is 40.0 Å². The molecule has 0 aromatic heterocycles. The number of fused-ring (bicyclic) bond motifs is 1. The molecule has 2 nitrogen and oxygen atoms in total. The van der Waals surface area contributed by atoms with Gasteiger partial charge in [0.15, 0.2) is 0 Å².